The monoisotopic (exact) mass is 277 g/mol. The third kappa shape index (κ3) is 3.48. The summed E-state index contributed by atoms with van der Waals surface area (Å²) in [5.41, 5.74) is 1.81. The molecule has 1 aromatic carbocycles. The van der Waals surface area contributed by atoms with E-state index < -0.39 is 12.9 Å². The van der Waals surface area contributed by atoms with Gasteiger partial charge in [-0.25, -0.2) is 4.39 Å². The number of hydrogen-bond donors (Lipinski definition) is 2. The molecule has 4 nitrogen and oxygen atoms in total. The summed E-state index contributed by atoms with van der Waals surface area (Å²) in [6.45, 7) is 3.18. The minimum atomic E-state index is -1.80. The quantitative estimate of drug-likeness (QED) is 0.802. The van der Waals surface area contributed by atoms with Crippen molar-refractivity contribution in [1.29, 1.82) is 0 Å². The first-order valence-corrected chi connectivity index (χ1v) is 6.33. The first-order chi connectivity index (χ1) is 9.47. The fourth-order valence-corrected chi connectivity index (χ4v) is 2.12. The second-order valence-electron chi connectivity index (χ2n) is 4.90. The number of benzene rings is 1. The number of aryl methyl sites for hydroxylation is 1. The van der Waals surface area contributed by atoms with E-state index in [2.05, 4.69) is 0 Å². The van der Waals surface area contributed by atoms with Crippen molar-refractivity contribution in [3.63, 3.8) is 0 Å². The average Bonchev–Trinajstić information content (AvgIpc) is 2.77. The minimum absolute atomic E-state index is 0.101. The average molecular weight is 277 g/mol. The Morgan fingerprint density at radius 3 is 2.60 bits per heavy atom. The van der Waals surface area contributed by atoms with E-state index in [4.69, 9.17) is 14.5 Å². The summed E-state index contributed by atoms with van der Waals surface area (Å²) < 4.78 is 18.6. The van der Waals surface area contributed by atoms with Crippen LogP contribution in [-0.2, 0) is 13.1 Å². The van der Waals surface area contributed by atoms with Crippen LogP contribution in [0.1, 0.15) is 16.9 Å². The number of hydrogen-bond acceptors (Lipinski definition) is 4. The normalized spacial score (nSPS) is 11.1. The maximum Gasteiger partial charge on any atom is 0.491 e. The lowest BCUT2D eigenvalue weighted by Gasteiger charge is -2.17. The van der Waals surface area contributed by atoms with Crippen molar-refractivity contribution >= 4 is 12.6 Å². The Balaban J connectivity index is 2.06. The summed E-state index contributed by atoms with van der Waals surface area (Å²) in [7, 11) is 0.140. The molecular formula is C14H17BFNO3. The first-order valence-electron chi connectivity index (χ1n) is 6.33. The van der Waals surface area contributed by atoms with Gasteiger partial charge in [-0.3, -0.25) is 4.90 Å². The predicted octanol–water partition coefficient (Wildman–Crippen LogP) is 1.04. The highest BCUT2D eigenvalue weighted by Gasteiger charge is 2.17. The van der Waals surface area contributed by atoms with Gasteiger partial charge in [0, 0.05) is 24.1 Å². The van der Waals surface area contributed by atoms with Gasteiger partial charge in [-0.1, -0.05) is 12.1 Å². The zero-order chi connectivity index (χ0) is 14.7. The van der Waals surface area contributed by atoms with E-state index in [9.17, 15) is 4.39 Å². The third-order valence-electron chi connectivity index (χ3n) is 3.20. The van der Waals surface area contributed by atoms with Crippen LogP contribution >= 0.6 is 0 Å². The van der Waals surface area contributed by atoms with Crippen molar-refractivity contribution < 1.29 is 18.9 Å². The van der Waals surface area contributed by atoms with Crippen molar-refractivity contribution in [2.75, 3.05) is 7.05 Å². The van der Waals surface area contributed by atoms with Crippen molar-refractivity contribution in [2.24, 2.45) is 0 Å². The Morgan fingerprint density at radius 2 is 2.00 bits per heavy atom. The molecule has 0 radical (unpaired) electrons. The van der Waals surface area contributed by atoms with Crippen molar-refractivity contribution in [3.05, 3.63) is 53.2 Å². The molecular weight excluding hydrogens is 260 g/mol. The highest BCUT2D eigenvalue weighted by Crippen LogP contribution is 2.13. The maximum absolute atomic E-state index is 13.4. The van der Waals surface area contributed by atoms with Crippen LogP contribution in [0.25, 0.3) is 0 Å². The van der Waals surface area contributed by atoms with E-state index in [-0.39, 0.29) is 5.46 Å². The van der Waals surface area contributed by atoms with Crippen LogP contribution in [0.4, 0.5) is 4.39 Å². The second kappa shape index (κ2) is 6.22. The van der Waals surface area contributed by atoms with Gasteiger partial charge >= 0.3 is 7.12 Å². The van der Waals surface area contributed by atoms with Crippen molar-refractivity contribution in [1.82, 2.24) is 4.90 Å². The lowest BCUT2D eigenvalue weighted by Crippen LogP contribution is -2.33. The number of nitrogens with zero attached hydrogens (tertiary/aromatic N) is 1. The highest BCUT2D eigenvalue weighted by molar-refractivity contribution is 6.58. The largest absolute Gasteiger partial charge is 0.491 e. The lowest BCUT2D eigenvalue weighted by atomic mass is 9.79. The smallest absolute Gasteiger partial charge is 0.469 e. The van der Waals surface area contributed by atoms with Gasteiger partial charge < -0.3 is 14.5 Å². The van der Waals surface area contributed by atoms with Gasteiger partial charge in [0.25, 0.3) is 0 Å². The highest BCUT2D eigenvalue weighted by atomic mass is 19.1. The molecule has 1 heterocycles. The van der Waals surface area contributed by atoms with E-state index in [1.165, 1.54) is 12.1 Å². The van der Waals surface area contributed by atoms with Crippen LogP contribution in [0.5, 0.6) is 0 Å². The fraction of sp³-hybridized carbons (Fsp3) is 0.286. The molecule has 1 aromatic heterocycles. The van der Waals surface area contributed by atoms with Crippen molar-refractivity contribution in [3.8, 4) is 0 Å². The SMILES string of the molecule is Cc1occc1CN(C)Cc1ccc(F)c(B(O)O)c1. The summed E-state index contributed by atoms with van der Waals surface area (Å²) in [5.74, 6) is 0.263. The summed E-state index contributed by atoms with van der Waals surface area (Å²) in [4.78, 5) is 2.04. The summed E-state index contributed by atoms with van der Waals surface area (Å²) in [6, 6.07) is 6.28. The van der Waals surface area contributed by atoms with Crippen LogP contribution in [0.15, 0.2) is 34.9 Å². The molecule has 0 bridgehead atoms. The standard InChI is InChI=1S/C14H17BFNO3/c1-10-12(5-6-20-10)9-17(2)8-11-3-4-14(16)13(7-11)15(18)19/h3-7,18-19H,8-9H2,1-2H3. The molecule has 0 aliphatic carbocycles. The van der Waals surface area contributed by atoms with Gasteiger partial charge in [0.05, 0.1) is 6.26 Å². The second-order valence-corrected chi connectivity index (χ2v) is 4.90. The summed E-state index contributed by atoms with van der Waals surface area (Å²) in [5, 5.41) is 18.2. The van der Waals surface area contributed by atoms with Crippen LogP contribution in [0.3, 0.4) is 0 Å². The summed E-state index contributed by atoms with van der Waals surface area (Å²) in [6.07, 6.45) is 1.65. The molecule has 20 heavy (non-hydrogen) atoms. The molecule has 0 atom stereocenters. The number of halogens is 1. The number of furan rings is 1. The van der Waals surface area contributed by atoms with Crippen LogP contribution in [0.2, 0.25) is 0 Å². The van der Waals surface area contributed by atoms with E-state index in [0.29, 0.717) is 13.1 Å². The number of rotatable bonds is 5. The minimum Gasteiger partial charge on any atom is -0.469 e. The molecule has 0 unspecified atom stereocenters. The Labute approximate surface area is 117 Å². The van der Waals surface area contributed by atoms with Gasteiger partial charge in [-0.2, -0.15) is 0 Å². The molecule has 0 saturated carbocycles. The van der Waals surface area contributed by atoms with Crippen molar-refractivity contribution in [2.45, 2.75) is 20.0 Å². The van der Waals surface area contributed by atoms with Crippen LogP contribution in [-0.4, -0.2) is 29.1 Å². The molecule has 0 aliphatic heterocycles. The molecule has 0 spiro atoms. The van der Waals surface area contributed by atoms with Gasteiger partial charge in [-0.15, -0.1) is 0 Å². The topological polar surface area (TPSA) is 56.8 Å². The first kappa shape index (κ1) is 14.8. The van der Waals surface area contributed by atoms with Gasteiger partial charge in [-0.05, 0) is 31.7 Å². The third-order valence-corrected chi connectivity index (χ3v) is 3.20. The van der Waals surface area contributed by atoms with E-state index in [1.807, 2.05) is 24.9 Å². The van der Waals surface area contributed by atoms with E-state index in [0.717, 1.165) is 16.9 Å². The zero-order valence-electron chi connectivity index (χ0n) is 11.5. The molecule has 106 valence electrons. The Morgan fingerprint density at radius 1 is 1.25 bits per heavy atom. The molecule has 2 aromatic rings. The van der Waals surface area contributed by atoms with E-state index >= 15 is 0 Å². The zero-order valence-corrected chi connectivity index (χ0v) is 11.5. The molecule has 0 fully saturated rings. The van der Waals surface area contributed by atoms with Gasteiger partial charge in [0.1, 0.15) is 11.6 Å². The van der Waals surface area contributed by atoms with Crippen LogP contribution in [0, 0.1) is 12.7 Å². The molecule has 0 aliphatic rings. The fourth-order valence-electron chi connectivity index (χ4n) is 2.12. The molecule has 2 rings (SSSR count). The lowest BCUT2D eigenvalue weighted by molar-refractivity contribution is 0.316. The molecule has 0 saturated heterocycles. The molecule has 2 N–H and O–H groups in total. The maximum atomic E-state index is 13.4. The van der Waals surface area contributed by atoms with Gasteiger partial charge in [0.15, 0.2) is 0 Å². The predicted molar refractivity (Wildman–Crippen MR) is 74.8 cm³/mol. The Kier molecular flexibility index (Phi) is 4.59. The Bertz CT molecular complexity index is 586. The van der Waals surface area contributed by atoms with Gasteiger partial charge in [0.2, 0.25) is 0 Å². The molecule has 0 amide bonds. The van der Waals surface area contributed by atoms with E-state index in [1.54, 1.807) is 12.3 Å². The Hall–Kier alpha value is -1.63. The summed E-state index contributed by atoms with van der Waals surface area (Å²) >= 11 is 0. The molecule has 6 heteroatoms. The van der Waals surface area contributed by atoms with Crippen LogP contribution < -0.4 is 5.46 Å².